The van der Waals surface area contributed by atoms with Crippen LogP contribution in [-0.4, -0.2) is 24.3 Å². The van der Waals surface area contributed by atoms with Gasteiger partial charge >= 0.3 is 0 Å². The highest BCUT2D eigenvalue weighted by Crippen LogP contribution is 2.40. The maximum atomic E-state index is 13.1. The van der Waals surface area contributed by atoms with E-state index < -0.39 is 10.0 Å². The number of halogens is 1. The van der Waals surface area contributed by atoms with E-state index in [1.165, 1.54) is 11.3 Å². The van der Waals surface area contributed by atoms with Gasteiger partial charge in [0.05, 0.1) is 20.0 Å². The largest absolute Gasteiger partial charge is 0.253 e. The van der Waals surface area contributed by atoms with Crippen molar-refractivity contribution in [3.05, 3.63) is 45.2 Å². The van der Waals surface area contributed by atoms with Gasteiger partial charge in [-0.25, -0.2) is 13.4 Å². The molecule has 0 aliphatic carbocycles. The standard InChI is InChI=1S/C16H15BrN2O2S3/c17-14-8-9-15(23-14)24(20,21)19-10-4-3-6-12(19)16-18-11-5-1-2-7-13(11)22-16/h1-2,5,7-9,12H,3-4,6,10H2/t12-/m1/s1. The highest BCUT2D eigenvalue weighted by molar-refractivity contribution is 9.11. The van der Waals surface area contributed by atoms with Crippen LogP contribution in [0.15, 0.2) is 44.4 Å². The van der Waals surface area contributed by atoms with E-state index in [1.54, 1.807) is 27.8 Å². The summed E-state index contributed by atoms with van der Waals surface area (Å²) in [5.74, 6) is 0. The molecule has 1 aromatic carbocycles. The molecule has 3 aromatic rings. The van der Waals surface area contributed by atoms with Crippen LogP contribution in [0.1, 0.15) is 30.3 Å². The number of sulfonamides is 1. The minimum Gasteiger partial charge on any atom is -0.239 e. The molecule has 1 aliphatic heterocycles. The van der Waals surface area contributed by atoms with Crippen molar-refractivity contribution in [1.29, 1.82) is 0 Å². The van der Waals surface area contributed by atoms with E-state index in [0.717, 1.165) is 38.3 Å². The van der Waals surface area contributed by atoms with Crippen LogP contribution in [0.25, 0.3) is 10.2 Å². The summed E-state index contributed by atoms with van der Waals surface area (Å²) in [6.45, 7) is 0.554. The third-order valence-electron chi connectivity index (χ3n) is 4.16. The van der Waals surface area contributed by atoms with Crippen molar-refractivity contribution in [2.24, 2.45) is 0 Å². The number of aromatic nitrogens is 1. The highest BCUT2D eigenvalue weighted by atomic mass is 79.9. The molecule has 0 spiro atoms. The summed E-state index contributed by atoms with van der Waals surface area (Å²) in [6.07, 6.45) is 2.75. The van der Waals surface area contributed by atoms with Crippen LogP contribution in [0.5, 0.6) is 0 Å². The third-order valence-corrected chi connectivity index (χ3v) is 9.30. The highest BCUT2D eigenvalue weighted by Gasteiger charge is 2.36. The Morgan fingerprint density at radius 1 is 1.12 bits per heavy atom. The number of thiophene rings is 1. The molecule has 3 heterocycles. The van der Waals surface area contributed by atoms with Crippen molar-refractivity contribution < 1.29 is 8.42 Å². The van der Waals surface area contributed by atoms with E-state index >= 15 is 0 Å². The molecule has 0 amide bonds. The van der Waals surface area contributed by atoms with Crippen molar-refractivity contribution in [2.45, 2.75) is 29.5 Å². The Morgan fingerprint density at radius 3 is 2.71 bits per heavy atom. The first-order chi connectivity index (χ1) is 11.6. The molecule has 0 bridgehead atoms. The Morgan fingerprint density at radius 2 is 1.96 bits per heavy atom. The number of nitrogens with zero attached hydrogens (tertiary/aromatic N) is 2. The predicted molar refractivity (Wildman–Crippen MR) is 102 cm³/mol. The summed E-state index contributed by atoms with van der Waals surface area (Å²) < 4.78 is 30.2. The van der Waals surface area contributed by atoms with Gasteiger partial charge in [-0.2, -0.15) is 4.31 Å². The van der Waals surface area contributed by atoms with Gasteiger partial charge in [0.2, 0.25) is 0 Å². The maximum absolute atomic E-state index is 13.1. The Balaban J connectivity index is 1.75. The number of para-hydroxylation sites is 1. The Hall–Kier alpha value is -0.800. The van der Waals surface area contributed by atoms with Crippen molar-refractivity contribution in [2.75, 3.05) is 6.54 Å². The Labute approximate surface area is 157 Å². The summed E-state index contributed by atoms with van der Waals surface area (Å²) in [6, 6.07) is 11.3. The van der Waals surface area contributed by atoms with Crippen LogP contribution in [0.2, 0.25) is 0 Å². The molecule has 1 fully saturated rings. The molecule has 0 unspecified atom stereocenters. The summed E-state index contributed by atoms with van der Waals surface area (Å²) in [5.41, 5.74) is 0.944. The minimum atomic E-state index is -3.49. The molecule has 126 valence electrons. The number of rotatable bonds is 3. The lowest BCUT2D eigenvalue weighted by molar-refractivity contribution is 0.256. The summed E-state index contributed by atoms with van der Waals surface area (Å²) in [4.78, 5) is 4.71. The van der Waals surface area contributed by atoms with E-state index in [4.69, 9.17) is 4.98 Å². The average Bonchev–Trinajstić information content (AvgIpc) is 3.21. The monoisotopic (exact) mass is 442 g/mol. The van der Waals surface area contributed by atoms with Crippen LogP contribution >= 0.6 is 38.6 Å². The first-order valence-corrected chi connectivity index (χ1v) is 11.5. The zero-order valence-corrected chi connectivity index (χ0v) is 16.7. The van der Waals surface area contributed by atoms with Crippen LogP contribution in [0, 0.1) is 0 Å². The van der Waals surface area contributed by atoms with Crippen LogP contribution in [-0.2, 0) is 10.0 Å². The van der Waals surface area contributed by atoms with Gasteiger partial charge in [0.1, 0.15) is 9.22 Å². The number of hydrogen-bond acceptors (Lipinski definition) is 5. The molecular formula is C16H15BrN2O2S3. The third kappa shape index (κ3) is 2.94. The minimum absolute atomic E-state index is 0.165. The fraction of sp³-hybridized carbons (Fsp3) is 0.312. The second-order valence-electron chi connectivity index (χ2n) is 5.71. The summed E-state index contributed by atoms with van der Waals surface area (Å²) in [5, 5.41) is 0.898. The summed E-state index contributed by atoms with van der Waals surface area (Å²) >= 11 is 6.22. The van der Waals surface area contributed by atoms with E-state index in [0.29, 0.717) is 10.8 Å². The first kappa shape index (κ1) is 16.7. The van der Waals surface area contributed by atoms with Crippen LogP contribution in [0.3, 0.4) is 0 Å². The molecule has 1 atom stereocenters. The van der Waals surface area contributed by atoms with Gasteiger partial charge in [-0.3, -0.25) is 0 Å². The van der Waals surface area contributed by atoms with Gasteiger partial charge in [0, 0.05) is 6.54 Å². The number of benzene rings is 1. The molecule has 4 nitrogen and oxygen atoms in total. The average molecular weight is 443 g/mol. The van der Waals surface area contributed by atoms with Gasteiger partial charge < -0.3 is 0 Å². The van der Waals surface area contributed by atoms with E-state index in [-0.39, 0.29) is 6.04 Å². The van der Waals surface area contributed by atoms with Crippen LogP contribution < -0.4 is 0 Å². The van der Waals surface area contributed by atoms with E-state index in [9.17, 15) is 8.42 Å². The zero-order valence-electron chi connectivity index (χ0n) is 12.7. The SMILES string of the molecule is O=S(=O)(c1ccc(Br)s1)N1CCCC[C@@H]1c1nc2ccccc2s1. The molecular weight excluding hydrogens is 428 g/mol. The number of fused-ring (bicyclic) bond motifs is 1. The van der Waals surface area contributed by atoms with Crippen molar-refractivity contribution in [1.82, 2.24) is 9.29 Å². The molecule has 24 heavy (non-hydrogen) atoms. The molecule has 1 saturated heterocycles. The predicted octanol–water partition coefficient (Wildman–Crippen LogP) is 5.04. The first-order valence-electron chi connectivity index (χ1n) is 7.68. The van der Waals surface area contributed by atoms with Crippen LogP contribution in [0.4, 0.5) is 0 Å². The molecule has 0 saturated carbocycles. The van der Waals surface area contributed by atoms with Gasteiger partial charge in [-0.15, -0.1) is 22.7 Å². The summed E-state index contributed by atoms with van der Waals surface area (Å²) in [7, 11) is -3.49. The lowest BCUT2D eigenvalue weighted by Crippen LogP contribution is -2.38. The van der Waals surface area contributed by atoms with Crippen molar-refractivity contribution >= 4 is 58.8 Å². The van der Waals surface area contributed by atoms with E-state index in [2.05, 4.69) is 15.9 Å². The van der Waals surface area contributed by atoms with E-state index in [1.807, 2.05) is 24.3 Å². The smallest absolute Gasteiger partial charge is 0.239 e. The van der Waals surface area contributed by atoms with Gasteiger partial charge in [0.25, 0.3) is 10.0 Å². The maximum Gasteiger partial charge on any atom is 0.253 e. The van der Waals surface area contributed by atoms with Crippen molar-refractivity contribution in [3.8, 4) is 0 Å². The number of thiazole rings is 1. The Kier molecular flexibility index (Phi) is 4.51. The fourth-order valence-corrected chi connectivity index (χ4v) is 8.01. The second kappa shape index (κ2) is 6.49. The molecule has 0 N–H and O–H groups in total. The second-order valence-corrected chi connectivity index (χ2v) is 11.3. The number of hydrogen-bond donors (Lipinski definition) is 0. The van der Waals surface area contributed by atoms with Gasteiger partial charge in [0.15, 0.2) is 0 Å². The lowest BCUT2D eigenvalue weighted by Gasteiger charge is -2.32. The topological polar surface area (TPSA) is 50.3 Å². The molecule has 8 heteroatoms. The Bertz CT molecular complexity index is 947. The fourth-order valence-electron chi connectivity index (χ4n) is 3.02. The van der Waals surface area contributed by atoms with Gasteiger partial charge in [-0.05, 0) is 53.0 Å². The molecule has 4 rings (SSSR count). The molecule has 2 aromatic heterocycles. The van der Waals surface area contributed by atoms with Crippen molar-refractivity contribution in [3.63, 3.8) is 0 Å². The van der Waals surface area contributed by atoms with Gasteiger partial charge in [-0.1, -0.05) is 18.6 Å². The lowest BCUT2D eigenvalue weighted by atomic mass is 10.1. The molecule has 1 aliphatic rings. The normalized spacial score (nSPS) is 19.8. The number of piperidine rings is 1. The zero-order chi connectivity index (χ0) is 16.7. The quantitative estimate of drug-likeness (QED) is 0.570. The molecule has 0 radical (unpaired) electrons.